The first kappa shape index (κ1) is 15.5. The summed E-state index contributed by atoms with van der Waals surface area (Å²) in [6, 6.07) is 13.4. The van der Waals surface area contributed by atoms with Crippen molar-refractivity contribution >= 4 is 33.6 Å². The van der Waals surface area contributed by atoms with E-state index in [0.717, 1.165) is 22.0 Å². The number of benzene rings is 2. The predicted octanol–water partition coefficient (Wildman–Crippen LogP) is 2.57. The first-order chi connectivity index (χ1) is 12.0. The minimum absolute atomic E-state index is 0.159. The van der Waals surface area contributed by atoms with Crippen molar-refractivity contribution < 1.29 is 9.90 Å². The third-order valence-corrected chi connectivity index (χ3v) is 5.06. The molecule has 6 heteroatoms. The van der Waals surface area contributed by atoms with Crippen LogP contribution in [-0.2, 0) is 4.79 Å². The molecule has 0 radical (unpaired) electrons. The molecule has 0 saturated carbocycles. The summed E-state index contributed by atoms with van der Waals surface area (Å²) in [4.78, 5) is 20.9. The number of thiazole rings is 1. The number of carbonyl (C=O) groups excluding carboxylic acids is 1. The van der Waals surface area contributed by atoms with Gasteiger partial charge < -0.3 is 10.4 Å². The molecule has 2 aromatic carbocycles. The Morgan fingerprint density at radius 2 is 1.92 bits per heavy atom. The van der Waals surface area contributed by atoms with E-state index >= 15 is 0 Å². The van der Waals surface area contributed by atoms with Crippen molar-refractivity contribution in [3.05, 3.63) is 69.0 Å². The van der Waals surface area contributed by atoms with Gasteiger partial charge in [-0.1, -0.05) is 41.7 Å². The van der Waals surface area contributed by atoms with Crippen molar-refractivity contribution in [2.24, 2.45) is 4.99 Å². The Hall–Kier alpha value is -2.99. The summed E-state index contributed by atoms with van der Waals surface area (Å²) < 4.78 is 0. The highest BCUT2D eigenvalue weighted by atomic mass is 32.1. The van der Waals surface area contributed by atoms with Gasteiger partial charge in [-0.25, -0.2) is 4.99 Å². The van der Waals surface area contributed by atoms with Crippen molar-refractivity contribution in [2.45, 2.75) is 13.8 Å². The number of amides is 1. The number of nitrogens with zero attached hydrogens (tertiary/aromatic N) is 2. The normalized spacial score (nSPS) is 12.9. The van der Waals surface area contributed by atoms with Crippen molar-refractivity contribution in [1.29, 1.82) is 0 Å². The average molecular weight is 349 g/mol. The van der Waals surface area contributed by atoms with Crippen LogP contribution in [-0.4, -0.2) is 16.0 Å². The summed E-state index contributed by atoms with van der Waals surface area (Å²) in [5.41, 5.74) is 3.53. The van der Waals surface area contributed by atoms with E-state index < -0.39 is 0 Å². The van der Waals surface area contributed by atoms with E-state index in [2.05, 4.69) is 15.3 Å². The highest BCUT2D eigenvalue weighted by Crippen LogP contribution is 2.35. The molecule has 2 heterocycles. The van der Waals surface area contributed by atoms with Gasteiger partial charge in [-0.2, -0.15) is 4.98 Å². The van der Waals surface area contributed by atoms with Crippen LogP contribution in [0.15, 0.2) is 47.5 Å². The summed E-state index contributed by atoms with van der Waals surface area (Å²) >= 11 is 1.24. The molecule has 0 spiro atoms. The molecule has 3 aromatic rings. The summed E-state index contributed by atoms with van der Waals surface area (Å²) in [7, 11) is 0. The predicted molar refractivity (Wildman–Crippen MR) is 97.7 cm³/mol. The number of hydrogen-bond donors (Lipinski definition) is 2. The SMILES string of the molecule is Cc1ccc(C)c(Nc2nc(O)c(C3=c4ccccc4=NC3=O)s2)c1. The van der Waals surface area contributed by atoms with Gasteiger partial charge >= 0.3 is 0 Å². The Kier molecular flexibility index (Phi) is 3.62. The second-order valence-corrected chi connectivity index (χ2v) is 6.92. The van der Waals surface area contributed by atoms with Gasteiger partial charge in [0, 0.05) is 10.9 Å². The van der Waals surface area contributed by atoms with Gasteiger partial charge in [0.2, 0.25) is 5.88 Å². The molecule has 4 rings (SSSR count). The Labute approximate surface area is 148 Å². The van der Waals surface area contributed by atoms with Crippen molar-refractivity contribution in [3.8, 4) is 5.88 Å². The molecule has 1 aliphatic rings. The molecule has 124 valence electrons. The summed E-state index contributed by atoms with van der Waals surface area (Å²) in [5, 5.41) is 15.4. The van der Waals surface area contributed by atoms with Crippen LogP contribution in [0.2, 0.25) is 0 Å². The van der Waals surface area contributed by atoms with Crippen LogP contribution in [0.25, 0.3) is 5.57 Å². The molecule has 0 fully saturated rings. The van der Waals surface area contributed by atoms with Crippen molar-refractivity contribution in [2.75, 3.05) is 5.32 Å². The highest BCUT2D eigenvalue weighted by molar-refractivity contribution is 7.17. The largest absolute Gasteiger partial charge is 0.492 e. The maximum Gasteiger partial charge on any atom is 0.279 e. The fourth-order valence-electron chi connectivity index (χ4n) is 2.80. The van der Waals surface area contributed by atoms with Crippen LogP contribution in [0, 0.1) is 13.8 Å². The zero-order valence-corrected chi connectivity index (χ0v) is 14.5. The van der Waals surface area contributed by atoms with Crippen LogP contribution >= 0.6 is 11.3 Å². The number of para-hydroxylation sites is 1. The Balaban J connectivity index is 1.79. The van der Waals surface area contributed by atoms with E-state index in [1.54, 1.807) is 6.07 Å². The number of aromatic nitrogens is 1. The van der Waals surface area contributed by atoms with Gasteiger partial charge in [-0.3, -0.25) is 4.79 Å². The molecule has 0 saturated heterocycles. The van der Waals surface area contributed by atoms with Gasteiger partial charge in [-0.05, 0) is 37.1 Å². The minimum Gasteiger partial charge on any atom is -0.492 e. The number of aryl methyl sites for hydroxylation is 2. The maximum absolute atomic E-state index is 12.3. The molecule has 0 atom stereocenters. The number of nitrogens with one attached hydrogen (secondary N) is 1. The summed E-state index contributed by atoms with van der Waals surface area (Å²) in [6.45, 7) is 4.02. The number of anilines is 2. The zero-order chi connectivity index (χ0) is 17.6. The number of rotatable bonds is 3. The number of carbonyl (C=O) groups is 1. The summed E-state index contributed by atoms with van der Waals surface area (Å²) in [6.07, 6.45) is 0. The number of fused-ring (bicyclic) bond motifs is 1. The second kappa shape index (κ2) is 5.82. The molecule has 1 aromatic heterocycles. The zero-order valence-electron chi connectivity index (χ0n) is 13.7. The molecule has 5 nitrogen and oxygen atoms in total. The number of aromatic hydroxyl groups is 1. The van der Waals surface area contributed by atoms with E-state index in [9.17, 15) is 9.90 Å². The van der Waals surface area contributed by atoms with Gasteiger partial charge in [0.05, 0.1) is 10.9 Å². The molecule has 1 amide bonds. The lowest BCUT2D eigenvalue weighted by atomic mass is 10.1. The van der Waals surface area contributed by atoms with Crippen molar-refractivity contribution in [3.63, 3.8) is 0 Å². The first-order valence-electron chi connectivity index (χ1n) is 7.80. The smallest absolute Gasteiger partial charge is 0.279 e. The van der Waals surface area contributed by atoms with Crippen molar-refractivity contribution in [1.82, 2.24) is 4.98 Å². The Morgan fingerprint density at radius 1 is 1.12 bits per heavy atom. The lowest BCUT2D eigenvalue weighted by Gasteiger charge is -2.07. The highest BCUT2D eigenvalue weighted by Gasteiger charge is 2.24. The van der Waals surface area contributed by atoms with Crippen LogP contribution in [0.1, 0.15) is 16.0 Å². The molecule has 0 aliphatic carbocycles. The van der Waals surface area contributed by atoms with Gasteiger partial charge in [0.15, 0.2) is 5.13 Å². The molecule has 0 unspecified atom stereocenters. The maximum atomic E-state index is 12.3. The second-order valence-electron chi connectivity index (χ2n) is 5.92. The van der Waals surface area contributed by atoms with Crippen LogP contribution in [0.3, 0.4) is 0 Å². The quantitative estimate of drug-likeness (QED) is 0.762. The lowest BCUT2D eigenvalue weighted by Crippen LogP contribution is -2.22. The van der Waals surface area contributed by atoms with E-state index in [1.807, 2.05) is 50.2 Å². The van der Waals surface area contributed by atoms with E-state index in [-0.39, 0.29) is 11.8 Å². The monoisotopic (exact) mass is 349 g/mol. The lowest BCUT2D eigenvalue weighted by molar-refractivity contribution is -0.112. The van der Waals surface area contributed by atoms with Crippen LogP contribution in [0.4, 0.5) is 10.8 Å². The fraction of sp³-hybridized carbons (Fsp3) is 0.105. The molecule has 0 bridgehead atoms. The Morgan fingerprint density at radius 3 is 2.76 bits per heavy atom. The molecule has 2 N–H and O–H groups in total. The van der Waals surface area contributed by atoms with Gasteiger partial charge in [0.1, 0.15) is 4.88 Å². The molecule has 25 heavy (non-hydrogen) atoms. The molecular formula is C19H15N3O2S. The minimum atomic E-state index is -0.349. The Bertz CT molecular complexity index is 1130. The van der Waals surface area contributed by atoms with E-state index in [4.69, 9.17) is 0 Å². The third-order valence-electron chi connectivity index (χ3n) is 4.08. The van der Waals surface area contributed by atoms with E-state index in [1.165, 1.54) is 11.3 Å². The summed E-state index contributed by atoms with van der Waals surface area (Å²) in [5.74, 6) is -0.508. The van der Waals surface area contributed by atoms with Gasteiger partial charge in [-0.15, -0.1) is 0 Å². The van der Waals surface area contributed by atoms with E-state index in [0.29, 0.717) is 20.9 Å². The average Bonchev–Trinajstić information content (AvgIpc) is 3.09. The van der Waals surface area contributed by atoms with Crippen LogP contribution in [0.5, 0.6) is 5.88 Å². The fourth-order valence-corrected chi connectivity index (χ4v) is 3.72. The molecule has 1 aliphatic heterocycles. The molecular weight excluding hydrogens is 334 g/mol. The van der Waals surface area contributed by atoms with Gasteiger partial charge in [0.25, 0.3) is 5.91 Å². The number of hydrogen-bond acceptors (Lipinski definition) is 5. The van der Waals surface area contributed by atoms with Crippen LogP contribution < -0.4 is 15.9 Å². The first-order valence-corrected chi connectivity index (χ1v) is 8.61. The standard InChI is InChI=1S/C19H15N3O2S/c1-10-7-8-11(2)14(9-10)21-19-22-18(24)16(25-19)15-12-5-3-4-6-13(12)20-17(15)23/h3-9,24H,1-2H3,(H,21,22). The topological polar surface area (TPSA) is 74.6 Å². The third kappa shape index (κ3) is 2.70.